The molecule has 6 aromatic rings. The van der Waals surface area contributed by atoms with Gasteiger partial charge in [0.15, 0.2) is 13.2 Å². The third-order valence-corrected chi connectivity index (χ3v) is 13.0. The minimum absolute atomic E-state index is 0.00811. The number of nitrogens with one attached hydrogen (secondary N) is 6. The maximum atomic E-state index is 12.9. The van der Waals surface area contributed by atoms with Gasteiger partial charge < -0.3 is 62.3 Å². The molecule has 8 rings (SSSR count). The first-order chi connectivity index (χ1) is 40.3. The number of ketones is 1. The quantitative estimate of drug-likeness (QED) is 0.0163. The van der Waals surface area contributed by atoms with E-state index >= 15 is 0 Å². The van der Waals surface area contributed by atoms with E-state index in [0.29, 0.717) is 34.3 Å². The smallest absolute Gasteiger partial charge is 0.422 e. The largest absolute Gasteiger partial charge is 0.467 e. The van der Waals surface area contributed by atoms with Crippen molar-refractivity contribution in [3.05, 3.63) is 129 Å². The number of esters is 2. The lowest BCUT2D eigenvalue weighted by Gasteiger charge is -2.19. The molecule has 2 heterocycles. The number of carbonyl (C=O) groups excluding carboxylic acids is 6. The first kappa shape index (κ1) is 63.4. The van der Waals surface area contributed by atoms with Crippen LogP contribution in [0.3, 0.4) is 0 Å². The normalized spacial score (nSPS) is 14.3. The first-order valence-corrected chi connectivity index (χ1v) is 26.1. The van der Waals surface area contributed by atoms with E-state index in [1.165, 1.54) is 55.6 Å². The summed E-state index contributed by atoms with van der Waals surface area (Å²) in [5.41, 5.74) is 12.3. The second-order valence-corrected chi connectivity index (χ2v) is 19.7. The molecule has 0 radical (unpaired) electrons. The molecular formula is C53H52Cl2F6N14O10. The van der Waals surface area contributed by atoms with Gasteiger partial charge >= 0.3 is 36.3 Å². The predicted molar refractivity (Wildman–Crippen MR) is 293 cm³/mol. The van der Waals surface area contributed by atoms with Crippen LogP contribution in [0.1, 0.15) is 70.4 Å². The SMILES string of the molecule is COC(=O)[C@H](CCC(=O)C(N)=O)NC(=O)c1ccc(Nc2nc(NC3(c4ccc(Cl)cc4)CC3)nc(OCC(F)(F)F)n2)cc1.COC(=O)[C@H](CN)NC(=O)c1ccc(Nc2nc(NC3(c4ccc(Cl)cc4)CC3)nc(OCC(F)(F)F)n2)cc1. The third-order valence-electron chi connectivity index (χ3n) is 12.5. The molecule has 2 aliphatic carbocycles. The predicted octanol–water partition coefficient (Wildman–Crippen LogP) is 6.96. The second kappa shape index (κ2) is 27.5. The number of nitrogens with zero attached hydrogens (tertiary/aromatic N) is 6. The van der Waals surface area contributed by atoms with Crippen molar-refractivity contribution in [2.45, 2.75) is 74.0 Å². The van der Waals surface area contributed by atoms with Gasteiger partial charge in [-0.25, -0.2) is 9.59 Å². The van der Waals surface area contributed by atoms with E-state index in [4.69, 9.17) is 44.1 Å². The average molecular weight is 1230 g/mol. The number of anilines is 6. The number of halogens is 8. The Kier molecular flexibility index (Phi) is 20.5. The highest BCUT2D eigenvalue weighted by molar-refractivity contribution is 6.35. The number of hydrogen-bond acceptors (Lipinski definition) is 21. The maximum absolute atomic E-state index is 12.9. The number of hydrogen-bond donors (Lipinski definition) is 8. The zero-order valence-electron chi connectivity index (χ0n) is 44.7. The molecule has 2 saturated carbocycles. The van der Waals surface area contributed by atoms with Crippen molar-refractivity contribution >= 4 is 93.8 Å². The Morgan fingerprint density at radius 1 is 0.553 bits per heavy atom. The van der Waals surface area contributed by atoms with E-state index in [2.05, 4.69) is 71.3 Å². The van der Waals surface area contributed by atoms with Gasteiger partial charge in [-0.1, -0.05) is 47.5 Å². The van der Waals surface area contributed by atoms with E-state index in [1.807, 2.05) is 24.3 Å². The Morgan fingerprint density at radius 2 is 0.918 bits per heavy atom. The first-order valence-electron chi connectivity index (χ1n) is 25.3. The van der Waals surface area contributed by atoms with Crippen molar-refractivity contribution in [1.82, 2.24) is 40.5 Å². The fourth-order valence-electron chi connectivity index (χ4n) is 7.84. The molecule has 2 fully saturated rings. The number of ether oxygens (including phenoxy) is 4. The highest BCUT2D eigenvalue weighted by atomic mass is 35.5. The minimum Gasteiger partial charge on any atom is -0.467 e. The Labute approximate surface area is 488 Å². The summed E-state index contributed by atoms with van der Waals surface area (Å²) in [6, 6.07) is 22.6. The van der Waals surface area contributed by atoms with Crippen molar-refractivity contribution in [3.8, 4) is 12.0 Å². The lowest BCUT2D eigenvalue weighted by molar-refractivity contribution is -0.155. The van der Waals surface area contributed by atoms with Gasteiger partial charge in [0.2, 0.25) is 29.6 Å². The number of aromatic nitrogens is 6. The van der Waals surface area contributed by atoms with E-state index in [9.17, 15) is 55.1 Å². The summed E-state index contributed by atoms with van der Waals surface area (Å²) in [5.74, 6) is -5.08. The second-order valence-electron chi connectivity index (χ2n) is 18.8. The molecule has 0 unspecified atom stereocenters. The number of Topliss-reactive ketones (excluding diaryl/α,β-unsaturated/α-hetero) is 1. The summed E-state index contributed by atoms with van der Waals surface area (Å²) < 4.78 is 95.8. The third kappa shape index (κ3) is 18.7. The Balaban J connectivity index is 0.000000245. The summed E-state index contributed by atoms with van der Waals surface area (Å²) in [4.78, 5) is 96.0. The lowest BCUT2D eigenvalue weighted by Crippen LogP contribution is -2.46. The van der Waals surface area contributed by atoms with Gasteiger partial charge in [0.05, 0.1) is 25.3 Å². The van der Waals surface area contributed by atoms with Crippen LogP contribution >= 0.6 is 23.2 Å². The molecule has 2 atom stereocenters. The van der Waals surface area contributed by atoms with E-state index in [1.54, 1.807) is 24.3 Å². The van der Waals surface area contributed by atoms with Crippen LogP contribution < -0.4 is 52.8 Å². The number of rotatable bonds is 25. The maximum Gasteiger partial charge on any atom is 0.422 e. The van der Waals surface area contributed by atoms with Crippen LogP contribution in [0.15, 0.2) is 97.1 Å². The molecule has 2 aliphatic rings. The number of nitrogens with two attached hydrogens (primary N) is 2. The monoisotopic (exact) mass is 1230 g/mol. The van der Waals surface area contributed by atoms with Crippen LogP contribution in [-0.2, 0) is 39.7 Å². The Hall–Kier alpha value is -9.16. The molecule has 10 N–H and O–H groups in total. The number of primary amides is 1. The number of benzene rings is 4. The van der Waals surface area contributed by atoms with Gasteiger partial charge in [0.25, 0.3) is 17.7 Å². The lowest BCUT2D eigenvalue weighted by atomic mass is 10.1. The van der Waals surface area contributed by atoms with E-state index in [-0.39, 0.29) is 54.3 Å². The van der Waals surface area contributed by atoms with Gasteiger partial charge in [0.1, 0.15) is 12.1 Å². The Morgan fingerprint density at radius 3 is 1.26 bits per heavy atom. The van der Waals surface area contributed by atoms with Crippen molar-refractivity contribution in [2.75, 3.05) is 55.2 Å². The molecule has 0 bridgehead atoms. The van der Waals surface area contributed by atoms with Crippen LogP contribution in [0.4, 0.5) is 61.5 Å². The molecule has 0 saturated heterocycles. The van der Waals surface area contributed by atoms with Crippen LogP contribution in [0, 0.1) is 0 Å². The van der Waals surface area contributed by atoms with Crippen molar-refractivity contribution in [3.63, 3.8) is 0 Å². The van der Waals surface area contributed by atoms with E-state index < -0.39 is 96.2 Å². The van der Waals surface area contributed by atoms with Gasteiger partial charge in [-0.2, -0.15) is 56.2 Å². The van der Waals surface area contributed by atoms with Gasteiger partial charge in [0, 0.05) is 45.5 Å². The highest BCUT2D eigenvalue weighted by Gasteiger charge is 2.46. The average Bonchev–Trinajstić information content (AvgIpc) is 1.92. The van der Waals surface area contributed by atoms with Crippen LogP contribution in [0.25, 0.3) is 0 Å². The fourth-order valence-corrected chi connectivity index (χ4v) is 8.10. The van der Waals surface area contributed by atoms with Crippen molar-refractivity contribution in [2.24, 2.45) is 11.5 Å². The van der Waals surface area contributed by atoms with Gasteiger partial charge in [-0.05, 0) is 116 Å². The summed E-state index contributed by atoms with van der Waals surface area (Å²) in [7, 11) is 2.28. The molecular weight excluding hydrogens is 1180 g/mol. The molecule has 2 aromatic heterocycles. The number of carbonyl (C=O) groups is 6. The standard InChI is InChI=1S/C28H27ClF3N7O6.C25H25ClF3N7O4/c1-44-23(43)19(10-11-20(40)21(33)41)35-22(42)15-2-8-18(9-3-15)34-24-36-25(38-26(37-24)45-14-28(30,31)32)39-27(12-13-27)16-4-6-17(29)7-5-16;1-39-20(38)18(12-30)32-19(37)14-2-8-17(9-3-14)31-21-33-22(35-23(34-21)40-13-25(27,28)29)36-24(10-11-24)15-4-6-16(26)7-5-15/h2-9,19H,10-14H2,1H3,(H2,33,41)(H,35,42)(H2,34,36,37,38,39);2-9,18H,10-13,30H2,1H3,(H,32,37)(H2,31,33,34,35,36)/t19-;18-/m00/s1. The highest BCUT2D eigenvalue weighted by Crippen LogP contribution is 2.49. The number of amides is 3. The molecule has 0 aliphatic heterocycles. The zero-order chi connectivity index (χ0) is 61.7. The molecule has 24 nitrogen and oxygen atoms in total. The minimum atomic E-state index is -4.63. The summed E-state index contributed by atoms with van der Waals surface area (Å²) in [5, 5.41) is 18.1. The molecule has 85 heavy (non-hydrogen) atoms. The fraction of sp³-hybridized carbons (Fsp3) is 0.321. The van der Waals surface area contributed by atoms with Crippen molar-refractivity contribution in [1.29, 1.82) is 0 Å². The summed E-state index contributed by atoms with van der Waals surface area (Å²) in [6.07, 6.45) is -6.91. The molecule has 3 amide bonds. The molecule has 0 spiro atoms. The van der Waals surface area contributed by atoms with E-state index in [0.717, 1.165) is 31.1 Å². The topological polar surface area (TPSA) is 341 Å². The van der Waals surface area contributed by atoms with Crippen LogP contribution in [0.2, 0.25) is 10.0 Å². The summed E-state index contributed by atoms with van der Waals surface area (Å²) in [6.45, 7) is -3.35. The molecule has 450 valence electrons. The van der Waals surface area contributed by atoms with Crippen LogP contribution in [0.5, 0.6) is 12.0 Å². The number of methoxy groups -OCH3 is 2. The zero-order valence-corrected chi connectivity index (χ0v) is 46.2. The molecule has 32 heteroatoms. The summed E-state index contributed by atoms with van der Waals surface area (Å²) >= 11 is 12.0. The van der Waals surface area contributed by atoms with Gasteiger partial charge in [-0.3, -0.25) is 19.2 Å². The number of alkyl halides is 6. The van der Waals surface area contributed by atoms with Crippen LogP contribution in [-0.4, -0.2) is 124 Å². The molecule has 4 aromatic carbocycles. The van der Waals surface area contributed by atoms with Crippen molar-refractivity contribution < 1.29 is 74.1 Å². The van der Waals surface area contributed by atoms with Gasteiger partial charge in [-0.15, -0.1) is 0 Å². The Bertz CT molecular complexity index is 3360.